The van der Waals surface area contributed by atoms with E-state index in [9.17, 15) is 4.79 Å². The van der Waals surface area contributed by atoms with Crippen LogP contribution in [0.5, 0.6) is 5.75 Å². The minimum absolute atomic E-state index is 0.0252. The SMILES string of the molecule is COC(=O)[C@H]1CCC[C@H](Oc2ccc(-c3nnn(C)c3COCc3ccccc3)cc2)C1. The molecule has 1 saturated carbocycles. The van der Waals surface area contributed by atoms with Crippen molar-refractivity contribution in [1.82, 2.24) is 15.0 Å². The molecule has 3 aromatic rings. The number of aromatic nitrogens is 3. The summed E-state index contributed by atoms with van der Waals surface area (Å²) in [5.74, 6) is 0.574. The molecule has 0 unspecified atom stereocenters. The molecule has 0 bridgehead atoms. The molecule has 168 valence electrons. The number of hydrogen-bond donors (Lipinski definition) is 0. The first kappa shape index (κ1) is 22.0. The summed E-state index contributed by atoms with van der Waals surface area (Å²) in [7, 11) is 3.31. The van der Waals surface area contributed by atoms with E-state index in [1.54, 1.807) is 4.68 Å². The van der Waals surface area contributed by atoms with Crippen molar-refractivity contribution in [3.05, 3.63) is 65.9 Å². The maximum atomic E-state index is 11.9. The van der Waals surface area contributed by atoms with Crippen LogP contribution >= 0.6 is 0 Å². The van der Waals surface area contributed by atoms with Crippen LogP contribution in [0.2, 0.25) is 0 Å². The first-order valence-corrected chi connectivity index (χ1v) is 11.0. The summed E-state index contributed by atoms with van der Waals surface area (Å²) in [6.07, 6.45) is 3.50. The van der Waals surface area contributed by atoms with Gasteiger partial charge in [0, 0.05) is 12.6 Å². The Bertz CT molecular complexity index is 1020. The lowest BCUT2D eigenvalue weighted by atomic mass is 9.87. The van der Waals surface area contributed by atoms with Gasteiger partial charge in [0.05, 0.1) is 38.0 Å². The summed E-state index contributed by atoms with van der Waals surface area (Å²) in [4.78, 5) is 11.9. The molecular weight excluding hydrogens is 406 g/mol. The van der Waals surface area contributed by atoms with Crippen LogP contribution in [-0.4, -0.2) is 34.2 Å². The molecule has 1 aromatic heterocycles. The average Bonchev–Trinajstić information content (AvgIpc) is 3.20. The van der Waals surface area contributed by atoms with Crippen LogP contribution in [0.4, 0.5) is 0 Å². The van der Waals surface area contributed by atoms with Gasteiger partial charge in [0.25, 0.3) is 0 Å². The lowest BCUT2D eigenvalue weighted by molar-refractivity contribution is -0.147. The molecule has 4 rings (SSSR count). The molecule has 1 heterocycles. The molecule has 0 radical (unpaired) electrons. The number of carbonyl (C=O) groups is 1. The molecule has 2 atom stereocenters. The molecule has 1 aliphatic carbocycles. The largest absolute Gasteiger partial charge is 0.490 e. The molecule has 1 fully saturated rings. The van der Waals surface area contributed by atoms with E-state index in [2.05, 4.69) is 10.3 Å². The number of ether oxygens (including phenoxy) is 3. The van der Waals surface area contributed by atoms with Crippen molar-refractivity contribution in [2.75, 3.05) is 7.11 Å². The van der Waals surface area contributed by atoms with E-state index in [0.29, 0.717) is 19.6 Å². The van der Waals surface area contributed by atoms with Crippen LogP contribution < -0.4 is 4.74 Å². The minimum Gasteiger partial charge on any atom is -0.490 e. The zero-order chi connectivity index (χ0) is 22.3. The molecule has 0 saturated heterocycles. The number of benzene rings is 2. The van der Waals surface area contributed by atoms with Gasteiger partial charge in [0.15, 0.2) is 0 Å². The Labute approximate surface area is 188 Å². The molecule has 7 nitrogen and oxygen atoms in total. The second-order valence-corrected chi connectivity index (χ2v) is 8.14. The highest BCUT2D eigenvalue weighted by Crippen LogP contribution is 2.30. The summed E-state index contributed by atoms with van der Waals surface area (Å²) in [5.41, 5.74) is 3.81. The van der Waals surface area contributed by atoms with Gasteiger partial charge >= 0.3 is 5.97 Å². The van der Waals surface area contributed by atoms with Gasteiger partial charge in [0.2, 0.25) is 0 Å². The van der Waals surface area contributed by atoms with E-state index in [0.717, 1.165) is 47.5 Å². The first-order valence-electron chi connectivity index (χ1n) is 11.0. The third-order valence-corrected chi connectivity index (χ3v) is 5.88. The van der Waals surface area contributed by atoms with Crippen molar-refractivity contribution in [1.29, 1.82) is 0 Å². The van der Waals surface area contributed by atoms with Crippen molar-refractivity contribution >= 4 is 5.97 Å². The van der Waals surface area contributed by atoms with E-state index in [4.69, 9.17) is 14.2 Å². The van der Waals surface area contributed by atoms with Gasteiger partial charge < -0.3 is 14.2 Å². The fourth-order valence-electron chi connectivity index (χ4n) is 4.12. The van der Waals surface area contributed by atoms with Gasteiger partial charge in [-0.3, -0.25) is 4.79 Å². The Morgan fingerprint density at radius 3 is 2.59 bits per heavy atom. The summed E-state index contributed by atoms with van der Waals surface area (Å²) >= 11 is 0. The van der Waals surface area contributed by atoms with Gasteiger partial charge in [0.1, 0.15) is 11.4 Å². The monoisotopic (exact) mass is 435 g/mol. The van der Waals surface area contributed by atoms with Crippen LogP contribution in [0.1, 0.15) is 36.9 Å². The van der Waals surface area contributed by atoms with Crippen LogP contribution in [-0.2, 0) is 34.5 Å². The normalized spacial score (nSPS) is 18.3. The fraction of sp³-hybridized carbons (Fsp3) is 0.400. The Kier molecular flexibility index (Phi) is 7.17. The number of hydrogen-bond acceptors (Lipinski definition) is 6. The molecule has 0 amide bonds. The molecule has 32 heavy (non-hydrogen) atoms. The number of rotatable bonds is 8. The molecule has 0 spiro atoms. The number of nitrogens with zero attached hydrogens (tertiary/aromatic N) is 3. The summed E-state index contributed by atoms with van der Waals surface area (Å²) in [6, 6.07) is 17.9. The highest BCUT2D eigenvalue weighted by atomic mass is 16.5. The number of carbonyl (C=O) groups excluding carboxylic acids is 1. The molecule has 2 aromatic carbocycles. The standard InChI is InChI=1S/C25H29N3O4/c1-28-23(17-31-16-18-7-4-3-5-8-18)24(26-27-28)19-11-13-21(14-12-19)32-22-10-6-9-20(15-22)25(29)30-2/h3-5,7-8,11-14,20,22H,6,9-10,15-17H2,1-2H3/t20-,22-/m0/s1. The fourth-order valence-corrected chi connectivity index (χ4v) is 4.12. The van der Waals surface area contributed by atoms with Crippen molar-refractivity contribution in [3.8, 4) is 17.0 Å². The van der Waals surface area contributed by atoms with E-state index < -0.39 is 0 Å². The smallest absolute Gasteiger partial charge is 0.308 e. The Morgan fingerprint density at radius 1 is 1.06 bits per heavy atom. The highest BCUT2D eigenvalue weighted by Gasteiger charge is 2.29. The maximum absolute atomic E-state index is 11.9. The van der Waals surface area contributed by atoms with Crippen molar-refractivity contribution < 1.29 is 19.0 Å². The zero-order valence-electron chi connectivity index (χ0n) is 18.6. The van der Waals surface area contributed by atoms with E-state index in [1.807, 2.05) is 61.6 Å². The molecular formula is C25H29N3O4. The Balaban J connectivity index is 1.38. The van der Waals surface area contributed by atoms with Gasteiger partial charge in [-0.05, 0) is 55.5 Å². The topological polar surface area (TPSA) is 75.5 Å². The third-order valence-electron chi connectivity index (χ3n) is 5.88. The Morgan fingerprint density at radius 2 is 1.84 bits per heavy atom. The number of methoxy groups -OCH3 is 1. The van der Waals surface area contributed by atoms with Gasteiger partial charge in [-0.15, -0.1) is 5.10 Å². The van der Waals surface area contributed by atoms with Crippen molar-refractivity contribution in [2.45, 2.75) is 45.0 Å². The van der Waals surface area contributed by atoms with Crippen LogP contribution in [0.3, 0.4) is 0 Å². The van der Waals surface area contributed by atoms with Gasteiger partial charge in [-0.25, -0.2) is 4.68 Å². The third kappa shape index (κ3) is 5.34. The lowest BCUT2D eigenvalue weighted by Crippen LogP contribution is -2.30. The van der Waals surface area contributed by atoms with Crippen LogP contribution in [0.15, 0.2) is 54.6 Å². The maximum Gasteiger partial charge on any atom is 0.308 e. The lowest BCUT2D eigenvalue weighted by Gasteiger charge is -2.28. The second kappa shape index (κ2) is 10.4. The molecule has 1 aliphatic rings. The quantitative estimate of drug-likeness (QED) is 0.491. The first-order chi connectivity index (χ1) is 15.6. The zero-order valence-corrected chi connectivity index (χ0v) is 18.6. The van der Waals surface area contributed by atoms with Crippen LogP contribution in [0, 0.1) is 5.92 Å². The van der Waals surface area contributed by atoms with Crippen LogP contribution in [0.25, 0.3) is 11.3 Å². The average molecular weight is 436 g/mol. The minimum atomic E-state index is -0.140. The highest BCUT2D eigenvalue weighted by molar-refractivity contribution is 5.72. The summed E-state index contributed by atoms with van der Waals surface area (Å²) in [5, 5.41) is 8.52. The van der Waals surface area contributed by atoms with Gasteiger partial charge in [-0.2, -0.15) is 0 Å². The Hall–Kier alpha value is -3.19. The number of esters is 1. The van der Waals surface area contributed by atoms with E-state index in [-0.39, 0.29) is 18.0 Å². The van der Waals surface area contributed by atoms with E-state index >= 15 is 0 Å². The molecule has 0 N–H and O–H groups in total. The molecule has 7 heteroatoms. The molecule has 0 aliphatic heterocycles. The predicted molar refractivity (Wildman–Crippen MR) is 120 cm³/mol. The van der Waals surface area contributed by atoms with Gasteiger partial charge in [-0.1, -0.05) is 35.5 Å². The van der Waals surface area contributed by atoms with Crippen molar-refractivity contribution in [2.24, 2.45) is 13.0 Å². The second-order valence-electron chi connectivity index (χ2n) is 8.14. The summed E-state index contributed by atoms with van der Waals surface area (Å²) in [6.45, 7) is 0.954. The number of aryl methyl sites for hydroxylation is 1. The van der Waals surface area contributed by atoms with E-state index in [1.165, 1.54) is 7.11 Å². The van der Waals surface area contributed by atoms with Crippen molar-refractivity contribution in [3.63, 3.8) is 0 Å². The summed E-state index contributed by atoms with van der Waals surface area (Å²) < 4.78 is 18.7. The predicted octanol–water partition coefficient (Wildman–Crippen LogP) is 4.31.